The van der Waals surface area contributed by atoms with Gasteiger partial charge >= 0.3 is 0 Å². The van der Waals surface area contributed by atoms with Crippen LogP contribution in [0.15, 0.2) is 0 Å². The number of carboxylic acid groups (broad SMARTS) is 1. The molecule has 0 aromatic rings. The highest BCUT2D eigenvalue weighted by Crippen LogP contribution is 2.08. The highest BCUT2D eigenvalue weighted by atomic mass is 16.4. The van der Waals surface area contributed by atoms with Gasteiger partial charge < -0.3 is 15.6 Å². The first kappa shape index (κ1) is 19.0. The number of primary amides is 1. The van der Waals surface area contributed by atoms with Crippen LogP contribution in [0.4, 0.5) is 0 Å². The summed E-state index contributed by atoms with van der Waals surface area (Å²) in [5.41, 5.74) is 5.01. The third-order valence-electron chi connectivity index (χ3n) is 2.20. The summed E-state index contributed by atoms with van der Waals surface area (Å²) in [4.78, 5) is 30.0. The van der Waals surface area contributed by atoms with Crippen molar-refractivity contribution in [2.24, 2.45) is 5.73 Å². The number of amides is 1. The molecule has 0 atom stereocenters. The molecule has 106 valence electrons. The smallest absolute Gasteiger partial charge is 0.300 e. The van der Waals surface area contributed by atoms with E-state index in [0.29, 0.717) is 12.8 Å². The molecule has 0 saturated carbocycles. The van der Waals surface area contributed by atoms with E-state index < -0.39 is 5.97 Å². The lowest BCUT2D eigenvalue weighted by atomic mass is 10.1. The average molecular weight is 259 g/mol. The third kappa shape index (κ3) is 29.3. The molecule has 0 bridgehead atoms. The Hall–Kier alpha value is -1.39. The van der Waals surface area contributed by atoms with Crippen LogP contribution in [-0.4, -0.2) is 22.8 Å². The Morgan fingerprint density at radius 2 is 1.17 bits per heavy atom. The first-order valence-electron chi connectivity index (χ1n) is 6.33. The van der Waals surface area contributed by atoms with Gasteiger partial charge in [-0.2, -0.15) is 0 Å². The van der Waals surface area contributed by atoms with Crippen molar-refractivity contribution in [3.63, 3.8) is 0 Å². The number of ketones is 1. The van der Waals surface area contributed by atoms with Crippen LogP contribution in [0, 0.1) is 0 Å². The minimum absolute atomic E-state index is 0.207. The number of unbranched alkanes of at least 4 members (excludes halogenated alkanes) is 5. The summed E-state index contributed by atoms with van der Waals surface area (Å²) in [7, 11) is 0. The quantitative estimate of drug-likeness (QED) is 0.620. The van der Waals surface area contributed by atoms with Gasteiger partial charge in [0, 0.05) is 19.8 Å². The van der Waals surface area contributed by atoms with E-state index in [1.54, 1.807) is 6.92 Å². The summed E-state index contributed by atoms with van der Waals surface area (Å²) in [6, 6.07) is 0. The summed E-state index contributed by atoms with van der Waals surface area (Å²) in [6.45, 7) is 2.72. The van der Waals surface area contributed by atoms with Crippen LogP contribution >= 0.6 is 0 Å². The van der Waals surface area contributed by atoms with Gasteiger partial charge in [-0.05, 0) is 19.8 Å². The number of carbonyl (C=O) groups is 3. The number of aliphatic carboxylic acids is 1. The Morgan fingerprint density at radius 3 is 1.50 bits per heavy atom. The summed E-state index contributed by atoms with van der Waals surface area (Å²) in [5.74, 6) is -0.764. The summed E-state index contributed by atoms with van der Waals surface area (Å²) in [6.07, 6.45) is 7.62. The van der Waals surface area contributed by atoms with E-state index in [9.17, 15) is 9.59 Å². The third-order valence-corrected chi connectivity index (χ3v) is 2.20. The minimum Gasteiger partial charge on any atom is -0.481 e. The molecule has 0 rings (SSSR count). The number of Topliss-reactive ketones (excluding diaryl/α,β-unsaturated/α-hetero) is 1. The van der Waals surface area contributed by atoms with Crippen molar-refractivity contribution >= 4 is 17.7 Å². The molecule has 0 aliphatic rings. The van der Waals surface area contributed by atoms with Crippen molar-refractivity contribution in [3.8, 4) is 0 Å². The van der Waals surface area contributed by atoms with Gasteiger partial charge in [0.15, 0.2) is 0 Å². The molecule has 0 heterocycles. The SMILES string of the molecule is CC(=O)CCCCCCCCC(N)=O.CC(=O)O. The van der Waals surface area contributed by atoms with E-state index in [2.05, 4.69) is 0 Å². The van der Waals surface area contributed by atoms with Crippen LogP contribution in [0.25, 0.3) is 0 Å². The highest BCUT2D eigenvalue weighted by molar-refractivity contribution is 5.75. The number of hydrogen-bond acceptors (Lipinski definition) is 3. The maximum atomic E-state index is 10.6. The lowest BCUT2D eigenvalue weighted by Gasteiger charge is -1.99. The molecule has 0 saturated heterocycles. The Bertz CT molecular complexity index is 227. The predicted octanol–water partition coefficient (Wildman–Crippen LogP) is 2.27. The second-order valence-corrected chi connectivity index (χ2v) is 4.31. The first-order valence-corrected chi connectivity index (χ1v) is 6.33. The summed E-state index contributed by atoms with van der Waals surface area (Å²) >= 11 is 0. The molecule has 1 amide bonds. The maximum Gasteiger partial charge on any atom is 0.300 e. The predicted molar refractivity (Wildman–Crippen MR) is 70.1 cm³/mol. The molecule has 5 heteroatoms. The first-order chi connectivity index (χ1) is 8.36. The number of rotatable bonds is 9. The normalized spacial score (nSPS) is 9.22. The van der Waals surface area contributed by atoms with Crippen LogP contribution in [0.1, 0.15) is 65.2 Å². The molecule has 0 aromatic heterocycles. The van der Waals surface area contributed by atoms with Crippen molar-refractivity contribution in [2.75, 3.05) is 0 Å². The fourth-order valence-electron chi connectivity index (χ4n) is 1.38. The molecule has 0 radical (unpaired) electrons. The molecule has 0 aliphatic heterocycles. The van der Waals surface area contributed by atoms with Crippen molar-refractivity contribution in [2.45, 2.75) is 65.2 Å². The Balaban J connectivity index is 0. The monoisotopic (exact) mass is 259 g/mol. The van der Waals surface area contributed by atoms with Crippen molar-refractivity contribution in [3.05, 3.63) is 0 Å². The van der Waals surface area contributed by atoms with E-state index >= 15 is 0 Å². The van der Waals surface area contributed by atoms with Gasteiger partial charge in [-0.1, -0.05) is 25.7 Å². The molecule has 18 heavy (non-hydrogen) atoms. The lowest BCUT2D eigenvalue weighted by molar-refractivity contribution is -0.134. The molecule has 0 spiro atoms. The molecule has 0 aliphatic carbocycles. The molecule has 0 aromatic carbocycles. The van der Waals surface area contributed by atoms with E-state index in [4.69, 9.17) is 15.6 Å². The van der Waals surface area contributed by atoms with Gasteiger partial charge in [0.1, 0.15) is 5.78 Å². The van der Waals surface area contributed by atoms with Crippen LogP contribution in [0.5, 0.6) is 0 Å². The number of hydrogen-bond donors (Lipinski definition) is 2. The fraction of sp³-hybridized carbons (Fsp3) is 0.769. The van der Waals surface area contributed by atoms with Crippen LogP contribution in [0.2, 0.25) is 0 Å². The van der Waals surface area contributed by atoms with E-state index in [-0.39, 0.29) is 11.7 Å². The average Bonchev–Trinajstić information content (AvgIpc) is 2.20. The van der Waals surface area contributed by atoms with E-state index in [1.807, 2.05) is 0 Å². The zero-order chi connectivity index (χ0) is 14.4. The summed E-state index contributed by atoms with van der Waals surface area (Å²) in [5, 5.41) is 7.42. The summed E-state index contributed by atoms with van der Waals surface area (Å²) < 4.78 is 0. The molecular formula is C13H25NO4. The van der Waals surface area contributed by atoms with E-state index in [0.717, 1.165) is 45.4 Å². The molecule has 5 nitrogen and oxygen atoms in total. The maximum absolute atomic E-state index is 10.6. The van der Waals surface area contributed by atoms with Crippen LogP contribution < -0.4 is 5.73 Å². The fourth-order valence-corrected chi connectivity index (χ4v) is 1.38. The van der Waals surface area contributed by atoms with Gasteiger partial charge in [-0.3, -0.25) is 9.59 Å². The highest BCUT2D eigenvalue weighted by Gasteiger charge is 1.96. The second-order valence-electron chi connectivity index (χ2n) is 4.31. The van der Waals surface area contributed by atoms with Gasteiger partial charge in [-0.15, -0.1) is 0 Å². The van der Waals surface area contributed by atoms with Crippen LogP contribution in [-0.2, 0) is 14.4 Å². The van der Waals surface area contributed by atoms with Crippen molar-refractivity contribution in [1.29, 1.82) is 0 Å². The zero-order valence-electron chi connectivity index (χ0n) is 11.4. The Morgan fingerprint density at radius 1 is 0.833 bits per heavy atom. The van der Waals surface area contributed by atoms with Gasteiger partial charge in [0.2, 0.25) is 5.91 Å². The molecule has 0 fully saturated rings. The van der Waals surface area contributed by atoms with Crippen LogP contribution in [0.3, 0.4) is 0 Å². The Labute approximate surface area is 109 Å². The van der Waals surface area contributed by atoms with Gasteiger partial charge in [-0.25, -0.2) is 0 Å². The van der Waals surface area contributed by atoms with E-state index in [1.165, 1.54) is 0 Å². The standard InChI is InChI=1S/C11H21NO2.C2H4O2/c1-10(13)8-6-4-2-3-5-7-9-11(12)14;1-2(3)4/h2-9H2,1H3,(H2,12,14);1H3,(H,3,4). The zero-order valence-corrected chi connectivity index (χ0v) is 11.4. The number of nitrogens with two attached hydrogens (primary N) is 1. The lowest BCUT2D eigenvalue weighted by Crippen LogP contribution is -2.09. The van der Waals surface area contributed by atoms with Crippen molar-refractivity contribution in [1.82, 2.24) is 0 Å². The largest absolute Gasteiger partial charge is 0.481 e. The number of carboxylic acids is 1. The molecular weight excluding hydrogens is 234 g/mol. The number of carbonyl (C=O) groups excluding carboxylic acids is 2. The minimum atomic E-state index is -0.833. The Kier molecular flexibility index (Phi) is 14.4. The van der Waals surface area contributed by atoms with Gasteiger partial charge in [0.05, 0.1) is 0 Å². The topological polar surface area (TPSA) is 97.5 Å². The molecule has 3 N–H and O–H groups in total. The van der Waals surface area contributed by atoms with Crippen molar-refractivity contribution < 1.29 is 19.5 Å². The van der Waals surface area contributed by atoms with Gasteiger partial charge in [0.25, 0.3) is 5.97 Å². The second kappa shape index (κ2) is 13.7. The molecule has 0 unspecified atom stereocenters.